The number of methoxy groups -OCH3 is 1. The molecule has 0 bridgehead atoms. The molecule has 1 heterocycles. The van der Waals surface area contributed by atoms with Crippen molar-refractivity contribution in [2.75, 3.05) is 31.7 Å². The molecule has 6 nitrogen and oxygen atoms in total. The average molecular weight is 382 g/mol. The second-order valence-corrected chi connectivity index (χ2v) is 6.53. The van der Waals surface area contributed by atoms with E-state index in [1.165, 1.54) is 7.11 Å². The van der Waals surface area contributed by atoms with Gasteiger partial charge in [-0.1, -0.05) is 25.1 Å². The maximum Gasteiger partial charge on any atom is 0.337 e. The van der Waals surface area contributed by atoms with Crippen molar-refractivity contribution in [3.63, 3.8) is 0 Å². The number of carbonyl (C=O) groups is 1. The Morgan fingerprint density at radius 2 is 1.96 bits per heavy atom. The molecule has 3 rings (SSSR count). The van der Waals surface area contributed by atoms with Crippen LogP contribution in [-0.4, -0.2) is 37.8 Å². The Kier molecular flexibility index (Phi) is 6.89. The van der Waals surface area contributed by atoms with E-state index in [1.54, 1.807) is 18.2 Å². The Morgan fingerprint density at radius 1 is 1.11 bits per heavy atom. The van der Waals surface area contributed by atoms with Gasteiger partial charge in [-0.3, -0.25) is 0 Å². The first kappa shape index (κ1) is 19.7. The van der Waals surface area contributed by atoms with Gasteiger partial charge in [-0.25, -0.2) is 4.79 Å². The summed E-state index contributed by atoms with van der Waals surface area (Å²) < 4.78 is 16.4. The van der Waals surface area contributed by atoms with Crippen LogP contribution < -0.4 is 9.64 Å². The molecule has 0 fully saturated rings. The standard InChI is InChI=1S/C22H26N2O4/c1-3-13-24(22-23-19-11-4-5-12-20(19)28-22)14-6-7-15-27-18-10-8-9-17(16-18)21(25)26-2/h4-5,8-12,16H,3,6-7,13-15H2,1-2H3. The van der Waals surface area contributed by atoms with E-state index in [0.29, 0.717) is 23.9 Å². The lowest BCUT2D eigenvalue weighted by Gasteiger charge is -2.19. The predicted molar refractivity (Wildman–Crippen MR) is 109 cm³/mol. The number of para-hydroxylation sites is 2. The first-order valence-electron chi connectivity index (χ1n) is 9.63. The first-order chi connectivity index (χ1) is 13.7. The largest absolute Gasteiger partial charge is 0.494 e. The third-order valence-corrected chi connectivity index (χ3v) is 4.39. The molecule has 0 aliphatic carbocycles. The Labute approximate surface area is 165 Å². The van der Waals surface area contributed by atoms with E-state index in [1.807, 2.05) is 30.3 Å². The van der Waals surface area contributed by atoms with Crippen molar-refractivity contribution in [1.29, 1.82) is 0 Å². The minimum absolute atomic E-state index is 0.362. The third kappa shape index (κ3) is 5.03. The molecule has 0 N–H and O–H groups in total. The van der Waals surface area contributed by atoms with E-state index in [9.17, 15) is 4.79 Å². The molecule has 3 aromatic rings. The number of hydrogen-bond donors (Lipinski definition) is 0. The molecule has 2 aromatic carbocycles. The number of ether oxygens (including phenoxy) is 2. The van der Waals surface area contributed by atoms with E-state index in [4.69, 9.17) is 13.9 Å². The lowest BCUT2D eigenvalue weighted by Crippen LogP contribution is -2.25. The summed E-state index contributed by atoms with van der Waals surface area (Å²) in [6.07, 6.45) is 2.87. The molecule has 0 amide bonds. The summed E-state index contributed by atoms with van der Waals surface area (Å²) in [5, 5.41) is 0. The number of fused-ring (bicyclic) bond motifs is 1. The molecule has 0 spiro atoms. The molecular weight excluding hydrogens is 356 g/mol. The Morgan fingerprint density at radius 3 is 2.75 bits per heavy atom. The third-order valence-electron chi connectivity index (χ3n) is 4.39. The van der Waals surface area contributed by atoms with Crippen molar-refractivity contribution < 1.29 is 18.7 Å². The van der Waals surface area contributed by atoms with Crippen LogP contribution in [0.1, 0.15) is 36.5 Å². The topological polar surface area (TPSA) is 64.8 Å². The molecule has 28 heavy (non-hydrogen) atoms. The highest BCUT2D eigenvalue weighted by Crippen LogP contribution is 2.22. The van der Waals surface area contributed by atoms with Gasteiger partial charge in [0, 0.05) is 13.1 Å². The molecule has 6 heteroatoms. The number of rotatable bonds is 10. The maximum atomic E-state index is 11.6. The van der Waals surface area contributed by atoms with Crippen LogP contribution in [0.5, 0.6) is 5.75 Å². The molecule has 0 atom stereocenters. The van der Waals surface area contributed by atoms with Crippen LogP contribution in [-0.2, 0) is 4.74 Å². The fraction of sp³-hybridized carbons (Fsp3) is 0.364. The Balaban J connectivity index is 1.49. The number of unbranched alkanes of at least 4 members (excludes halogenated alkanes) is 1. The van der Waals surface area contributed by atoms with Crippen LogP contribution in [0, 0.1) is 0 Å². The molecule has 0 radical (unpaired) electrons. The van der Waals surface area contributed by atoms with Gasteiger partial charge in [0.25, 0.3) is 6.01 Å². The fourth-order valence-electron chi connectivity index (χ4n) is 2.99. The van der Waals surface area contributed by atoms with Crippen molar-refractivity contribution in [3.05, 3.63) is 54.1 Å². The molecule has 1 aromatic heterocycles. The van der Waals surface area contributed by atoms with Gasteiger partial charge in [0.2, 0.25) is 0 Å². The van der Waals surface area contributed by atoms with Crippen LogP contribution >= 0.6 is 0 Å². The number of nitrogens with zero attached hydrogens (tertiary/aromatic N) is 2. The molecular formula is C22H26N2O4. The van der Waals surface area contributed by atoms with Crippen LogP contribution in [0.3, 0.4) is 0 Å². The highest BCUT2D eigenvalue weighted by Gasteiger charge is 2.13. The number of aromatic nitrogens is 1. The van der Waals surface area contributed by atoms with Gasteiger partial charge in [-0.15, -0.1) is 0 Å². The van der Waals surface area contributed by atoms with E-state index < -0.39 is 0 Å². The van der Waals surface area contributed by atoms with Crippen molar-refractivity contribution in [1.82, 2.24) is 4.98 Å². The lowest BCUT2D eigenvalue weighted by atomic mass is 10.2. The number of carbonyl (C=O) groups excluding carboxylic acids is 1. The van der Waals surface area contributed by atoms with E-state index in [0.717, 1.165) is 43.5 Å². The van der Waals surface area contributed by atoms with Crippen molar-refractivity contribution in [2.45, 2.75) is 26.2 Å². The number of oxazole rings is 1. The van der Waals surface area contributed by atoms with Gasteiger partial charge < -0.3 is 18.8 Å². The highest BCUT2D eigenvalue weighted by atomic mass is 16.5. The minimum Gasteiger partial charge on any atom is -0.494 e. The monoisotopic (exact) mass is 382 g/mol. The van der Waals surface area contributed by atoms with Crippen LogP contribution in [0.15, 0.2) is 52.9 Å². The molecule has 148 valence electrons. The Bertz CT molecular complexity index is 873. The number of benzene rings is 2. The zero-order valence-electron chi connectivity index (χ0n) is 16.4. The van der Waals surface area contributed by atoms with Gasteiger partial charge in [0.1, 0.15) is 11.3 Å². The highest BCUT2D eigenvalue weighted by molar-refractivity contribution is 5.89. The lowest BCUT2D eigenvalue weighted by molar-refractivity contribution is 0.0600. The second-order valence-electron chi connectivity index (χ2n) is 6.53. The number of esters is 1. The zero-order chi connectivity index (χ0) is 19.8. The van der Waals surface area contributed by atoms with E-state index >= 15 is 0 Å². The molecule has 0 aliphatic rings. The molecule has 0 aliphatic heterocycles. The molecule has 0 saturated carbocycles. The van der Waals surface area contributed by atoms with Gasteiger partial charge >= 0.3 is 5.97 Å². The minimum atomic E-state index is -0.362. The summed E-state index contributed by atoms with van der Waals surface area (Å²) >= 11 is 0. The summed E-state index contributed by atoms with van der Waals surface area (Å²) in [4.78, 5) is 18.4. The van der Waals surface area contributed by atoms with E-state index in [2.05, 4.69) is 16.8 Å². The second kappa shape index (κ2) is 9.78. The number of anilines is 1. The van der Waals surface area contributed by atoms with Gasteiger partial charge in [0.15, 0.2) is 5.58 Å². The van der Waals surface area contributed by atoms with Crippen molar-refractivity contribution in [2.24, 2.45) is 0 Å². The molecule has 0 unspecified atom stereocenters. The quantitative estimate of drug-likeness (QED) is 0.374. The first-order valence-corrected chi connectivity index (χ1v) is 9.63. The summed E-state index contributed by atoms with van der Waals surface area (Å²) in [7, 11) is 1.37. The summed E-state index contributed by atoms with van der Waals surface area (Å²) in [6, 6.07) is 15.5. The zero-order valence-corrected chi connectivity index (χ0v) is 16.4. The van der Waals surface area contributed by atoms with Crippen LogP contribution in [0.4, 0.5) is 6.01 Å². The fourth-order valence-corrected chi connectivity index (χ4v) is 2.99. The van der Waals surface area contributed by atoms with Crippen molar-refractivity contribution in [3.8, 4) is 5.75 Å². The SMILES string of the molecule is CCCN(CCCCOc1cccc(C(=O)OC)c1)c1nc2ccccc2o1. The smallest absolute Gasteiger partial charge is 0.337 e. The maximum absolute atomic E-state index is 11.6. The Hall–Kier alpha value is -3.02. The predicted octanol–water partition coefficient (Wildman–Crippen LogP) is 4.69. The van der Waals surface area contributed by atoms with Gasteiger partial charge in [-0.2, -0.15) is 4.98 Å². The summed E-state index contributed by atoms with van der Waals surface area (Å²) in [6.45, 7) is 4.48. The van der Waals surface area contributed by atoms with Crippen LogP contribution in [0.2, 0.25) is 0 Å². The van der Waals surface area contributed by atoms with Gasteiger partial charge in [0.05, 0.1) is 19.3 Å². The summed E-state index contributed by atoms with van der Waals surface area (Å²) in [5.74, 6) is 0.311. The average Bonchev–Trinajstić information content (AvgIpc) is 3.16. The van der Waals surface area contributed by atoms with Crippen LogP contribution in [0.25, 0.3) is 11.1 Å². The summed E-state index contributed by atoms with van der Waals surface area (Å²) in [5.41, 5.74) is 2.19. The normalized spacial score (nSPS) is 10.8. The molecule has 0 saturated heterocycles. The van der Waals surface area contributed by atoms with Crippen molar-refractivity contribution >= 4 is 23.1 Å². The van der Waals surface area contributed by atoms with Gasteiger partial charge in [-0.05, 0) is 49.6 Å². The van der Waals surface area contributed by atoms with E-state index in [-0.39, 0.29) is 5.97 Å². The number of hydrogen-bond acceptors (Lipinski definition) is 6.